The van der Waals surface area contributed by atoms with Crippen LogP contribution >= 0.6 is 23.2 Å². The van der Waals surface area contributed by atoms with Crippen molar-refractivity contribution in [2.45, 2.75) is 38.3 Å². The maximum absolute atomic E-state index is 14.2. The van der Waals surface area contributed by atoms with Crippen molar-refractivity contribution in [3.8, 4) is 11.5 Å². The number of hydrogen-bond acceptors (Lipinski definition) is 5. The van der Waals surface area contributed by atoms with Gasteiger partial charge in [0.15, 0.2) is 0 Å². The van der Waals surface area contributed by atoms with E-state index < -0.39 is 28.5 Å². The van der Waals surface area contributed by atoms with Crippen LogP contribution in [-0.2, 0) is 26.2 Å². The van der Waals surface area contributed by atoms with Gasteiger partial charge in [-0.05, 0) is 73.5 Å². The average Bonchev–Trinajstić information content (AvgIpc) is 3.03. The first kappa shape index (κ1) is 33.8. The number of carbonyl (C=O) groups excluding carboxylic acids is 2. The molecule has 0 saturated carbocycles. The molecule has 4 aromatic rings. The molecule has 4 rings (SSSR count). The van der Waals surface area contributed by atoms with E-state index in [4.69, 9.17) is 27.9 Å². The monoisotopic (exact) mass is 667 g/mol. The quantitative estimate of drug-likeness (QED) is 0.163. The Hall–Kier alpha value is -4.05. The standard InChI is InChI=1S/C34H35Cl2N3O5S/c1-24(2)21-37-34(41)25(3)38(22-30-31(35)15-10-16-32(30)36)33(40)23-39(45(42,43)29-13-8-5-9-14-29)26-17-19-28(20-18-26)44-27-11-6-4-7-12-27/h4-20,24-25H,21-23H2,1-3H3,(H,37,41)/t25-/m1/s1. The number of hydrogen-bond donors (Lipinski definition) is 1. The summed E-state index contributed by atoms with van der Waals surface area (Å²) in [5.74, 6) is 0.276. The summed E-state index contributed by atoms with van der Waals surface area (Å²) in [5.41, 5.74) is 0.679. The number of para-hydroxylation sites is 1. The topological polar surface area (TPSA) is 96.0 Å². The predicted molar refractivity (Wildman–Crippen MR) is 178 cm³/mol. The number of anilines is 1. The average molecular weight is 669 g/mol. The van der Waals surface area contributed by atoms with Crippen LogP contribution in [0.25, 0.3) is 0 Å². The van der Waals surface area contributed by atoms with Crippen LogP contribution in [0, 0.1) is 5.92 Å². The lowest BCUT2D eigenvalue weighted by atomic mass is 10.1. The first-order valence-corrected chi connectivity index (χ1v) is 16.6. The van der Waals surface area contributed by atoms with Crippen molar-refractivity contribution in [3.05, 3.63) is 119 Å². The number of nitrogens with zero attached hydrogens (tertiary/aromatic N) is 2. The first-order chi connectivity index (χ1) is 21.5. The highest BCUT2D eigenvalue weighted by molar-refractivity contribution is 7.92. The van der Waals surface area contributed by atoms with E-state index in [1.807, 2.05) is 32.0 Å². The normalized spacial score (nSPS) is 12.0. The smallest absolute Gasteiger partial charge is 0.264 e. The molecule has 0 fully saturated rings. The van der Waals surface area contributed by atoms with Crippen molar-refractivity contribution >= 4 is 50.7 Å². The number of ether oxygens (including phenoxy) is 1. The molecule has 2 amide bonds. The van der Waals surface area contributed by atoms with Gasteiger partial charge in [-0.2, -0.15) is 0 Å². The van der Waals surface area contributed by atoms with Crippen LogP contribution in [0.2, 0.25) is 10.0 Å². The minimum absolute atomic E-state index is 0.00540. The molecule has 0 spiro atoms. The third kappa shape index (κ3) is 8.78. The molecular formula is C34H35Cl2N3O5S. The molecule has 0 heterocycles. The summed E-state index contributed by atoms with van der Waals surface area (Å²) in [5, 5.41) is 3.49. The number of carbonyl (C=O) groups is 2. The molecule has 8 nitrogen and oxygen atoms in total. The summed E-state index contributed by atoms with van der Waals surface area (Å²) in [6.07, 6.45) is 0. The van der Waals surface area contributed by atoms with Gasteiger partial charge in [0.1, 0.15) is 24.1 Å². The van der Waals surface area contributed by atoms with E-state index in [2.05, 4.69) is 5.32 Å². The Labute approximate surface area is 274 Å². The SMILES string of the molecule is CC(C)CNC(=O)[C@@H](C)N(Cc1c(Cl)cccc1Cl)C(=O)CN(c1ccc(Oc2ccccc2)cc1)S(=O)(=O)c1ccccc1. The molecule has 11 heteroatoms. The van der Waals surface area contributed by atoms with Gasteiger partial charge in [-0.15, -0.1) is 0 Å². The molecule has 4 aromatic carbocycles. The molecule has 0 unspecified atom stereocenters. The molecule has 0 aliphatic carbocycles. The summed E-state index contributed by atoms with van der Waals surface area (Å²) in [6.45, 7) is 5.20. The van der Waals surface area contributed by atoms with Gasteiger partial charge in [-0.1, -0.05) is 79.5 Å². The summed E-state index contributed by atoms with van der Waals surface area (Å²) >= 11 is 12.9. The van der Waals surface area contributed by atoms with Crippen molar-refractivity contribution < 1.29 is 22.7 Å². The summed E-state index contributed by atoms with van der Waals surface area (Å²) in [4.78, 5) is 28.7. The van der Waals surface area contributed by atoms with E-state index in [-0.39, 0.29) is 29.0 Å². The maximum Gasteiger partial charge on any atom is 0.264 e. The maximum atomic E-state index is 14.2. The van der Waals surface area contributed by atoms with Crippen LogP contribution in [0.1, 0.15) is 26.3 Å². The Morgan fingerprint density at radius 2 is 1.33 bits per heavy atom. The Morgan fingerprint density at radius 3 is 1.91 bits per heavy atom. The second-order valence-corrected chi connectivity index (χ2v) is 13.4. The molecule has 236 valence electrons. The van der Waals surface area contributed by atoms with E-state index in [0.717, 1.165) is 4.31 Å². The van der Waals surface area contributed by atoms with Gasteiger partial charge in [0.2, 0.25) is 11.8 Å². The molecule has 0 aliphatic rings. The lowest BCUT2D eigenvalue weighted by molar-refractivity contribution is -0.139. The predicted octanol–water partition coefficient (Wildman–Crippen LogP) is 7.17. The van der Waals surface area contributed by atoms with Gasteiger partial charge in [0.05, 0.1) is 10.6 Å². The zero-order valence-corrected chi connectivity index (χ0v) is 27.5. The minimum Gasteiger partial charge on any atom is -0.457 e. The summed E-state index contributed by atoms with van der Waals surface area (Å²) in [7, 11) is -4.22. The second kappa shape index (κ2) is 15.3. The molecule has 0 aliphatic heterocycles. The summed E-state index contributed by atoms with van der Waals surface area (Å²) in [6, 6.07) is 27.4. The van der Waals surface area contributed by atoms with Crippen molar-refractivity contribution in [2.75, 3.05) is 17.4 Å². The van der Waals surface area contributed by atoms with Crippen LogP contribution < -0.4 is 14.4 Å². The van der Waals surface area contributed by atoms with Gasteiger partial charge in [-0.3, -0.25) is 13.9 Å². The molecule has 0 aromatic heterocycles. The highest BCUT2D eigenvalue weighted by Crippen LogP contribution is 2.30. The number of halogens is 2. The third-order valence-corrected chi connectivity index (χ3v) is 9.45. The lowest BCUT2D eigenvalue weighted by Gasteiger charge is -2.32. The van der Waals surface area contributed by atoms with Gasteiger partial charge >= 0.3 is 0 Å². The molecule has 1 atom stereocenters. The molecule has 0 bridgehead atoms. The fraction of sp³-hybridized carbons (Fsp3) is 0.235. The fourth-order valence-corrected chi connectivity index (χ4v) is 6.39. The van der Waals surface area contributed by atoms with E-state index in [1.54, 1.807) is 79.7 Å². The lowest BCUT2D eigenvalue weighted by Crippen LogP contribution is -2.51. The zero-order chi connectivity index (χ0) is 32.6. The number of rotatable bonds is 13. The Morgan fingerprint density at radius 1 is 0.778 bits per heavy atom. The van der Waals surface area contributed by atoms with E-state index >= 15 is 0 Å². The van der Waals surface area contributed by atoms with Crippen molar-refractivity contribution in [2.24, 2.45) is 5.92 Å². The molecule has 0 radical (unpaired) electrons. The van der Waals surface area contributed by atoms with E-state index in [0.29, 0.717) is 33.7 Å². The fourth-order valence-electron chi connectivity index (χ4n) is 4.44. The highest BCUT2D eigenvalue weighted by atomic mass is 35.5. The van der Waals surface area contributed by atoms with Gasteiger partial charge < -0.3 is 15.0 Å². The number of nitrogens with one attached hydrogen (secondary N) is 1. The van der Waals surface area contributed by atoms with Gasteiger partial charge in [0.25, 0.3) is 10.0 Å². The van der Waals surface area contributed by atoms with Crippen LogP contribution in [0.4, 0.5) is 5.69 Å². The Bertz CT molecular complexity index is 1680. The van der Waals surface area contributed by atoms with E-state index in [1.165, 1.54) is 17.0 Å². The van der Waals surface area contributed by atoms with Crippen LogP contribution in [-0.4, -0.2) is 44.3 Å². The van der Waals surface area contributed by atoms with Gasteiger partial charge in [0, 0.05) is 28.7 Å². The summed E-state index contributed by atoms with van der Waals surface area (Å²) < 4.78 is 34.9. The van der Waals surface area contributed by atoms with Crippen LogP contribution in [0.5, 0.6) is 11.5 Å². The van der Waals surface area contributed by atoms with Crippen LogP contribution in [0.3, 0.4) is 0 Å². The molecule has 0 saturated heterocycles. The Kier molecular flexibility index (Phi) is 11.5. The molecule has 1 N–H and O–H groups in total. The van der Waals surface area contributed by atoms with Gasteiger partial charge in [-0.25, -0.2) is 8.42 Å². The Balaban J connectivity index is 1.71. The third-order valence-electron chi connectivity index (χ3n) is 6.96. The number of sulfonamides is 1. The molecular weight excluding hydrogens is 633 g/mol. The first-order valence-electron chi connectivity index (χ1n) is 14.4. The van der Waals surface area contributed by atoms with Crippen molar-refractivity contribution in [3.63, 3.8) is 0 Å². The number of benzene rings is 4. The molecule has 45 heavy (non-hydrogen) atoms. The minimum atomic E-state index is -4.22. The second-order valence-electron chi connectivity index (χ2n) is 10.8. The van der Waals surface area contributed by atoms with E-state index in [9.17, 15) is 18.0 Å². The highest BCUT2D eigenvalue weighted by Gasteiger charge is 2.33. The van der Waals surface area contributed by atoms with Crippen molar-refractivity contribution in [1.29, 1.82) is 0 Å². The largest absolute Gasteiger partial charge is 0.457 e. The zero-order valence-electron chi connectivity index (χ0n) is 25.2. The van der Waals surface area contributed by atoms with Crippen LogP contribution in [0.15, 0.2) is 108 Å². The number of amides is 2. The van der Waals surface area contributed by atoms with Crippen molar-refractivity contribution in [1.82, 2.24) is 10.2 Å².